The first kappa shape index (κ1) is 17.9. The number of rotatable bonds is 4. The topological polar surface area (TPSA) is 73.0 Å². The van der Waals surface area contributed by atoms with Crippen molar-refractivity contribution in [2.24, 2.45) is 0 Å². The molecule has 0 radical (unpaired) electrons. The molecule has 3 aromatic heterocycles. The van der Waals surface area contributed by atoms with Crippen LogP contribution in [0.25, 0.3) is 22.5 Å². The van der Waals surface area contributed by atoms with Gasteiger partial charge in [0.25, 0.3) is 5.91 Å². The van der Waals surface area contributed by atoms with Crippen LogP contribution in [0.4, 0.5) is 10.1 Å². The molecule has 3 heterocycles. The number of aryl methyl sites for hydroxylation is 1. The maximum atomic E-state index is 13.6. The molecule has 4 aromatic rings. The van der Waals surface area contributed by atoms with Crippen molar-refractivity contribution in [2.75, 3.05) is 5.32 Å². The van der Waals surface area contributed by atoms with Crippen molar-refractivity contribution in [3.05, 3.63) is 65.8 Å². The van der Waals surface area contributed by atoms with Crippen molar-refractivity contribution < 1.29 is 13.6 Å². The van der Waals surface area contributed by atoms with E-state index in [0.717, 1.165) is 5.56 Å². The molecule has 4 rings (SSSR count). The number of halogens is 1. The van der Waals surface area contributed by atoms with Crippen molar-refractivity contribution in [3.63, 3.8) is 0 Å². The van der Waals surface area contributed by atoms with Crippen LogP contribution >= 0.6 is 0 Å². The van der Waals surface area contributed by atoms with Gasteiger partial charge in [-0.1, -0.05) is 6.07 Å². The van der Waals surface area contributed by atoms with E-state index in [1.807, 2.05) is 20.8 Å². The molecule has 0 aliphatic heterocycles. The monoisotopic (exact) mass is 378 g/mol. The molecule has 0 unspecified atom stereocenters. The van der Waals surface area contributed by atoms with Crippen LogP contribution in [-0.2, 0) is 0 Å². The lowest BCUT2D eigenvalue weighted by Crippen LogP contribution is -2.14. The highest BCUT2D eigenvalue weighted by atomic mass is 19.1. The predicted octanol–water partition coefficient (Wildman–Crippen LogP) is 4.97. The average molecular weight is 378 g/mol. The van der Waals surface area contributed by atoms with E-state index in [1.54, 1.807) is 41.4 Å². The number of fused-ring (bicyclic) bond motifs is 1. The van der Waals surface area contributed by atoms with E-state index < -0.39 is 5.82 Å². The number of carbonyl (C=O) groups is 1. The number of hydrogen-bond donors (Lipinski definition) is 1. The summed E-state index contributed by atoms with van der Waals surface area (Å²) in [7, 11) is 0. The zero-order valence-corrected chi connectivity index (χ0v) is 15.7. The standard InChI is InChI=1S/C21H19FN4O2/c1-12(2)26-20-16(11-23-26)15(10-18(24-20)19-5-4-8-28-19)21(27)25-17-9-14(22)7-6-13(17)3/h4-12H,1-3H3,(H,25,27). The maximum absolute atomic E-state index is 13.6. The molecule has 28 heavy (non-hydrogen) atoms. The predicted molar refractivity (Wildman–Crippen MR) is 105 cm³/mol. The number of pyridine rings is 1. The van der Waals surface area contributed by atoms with Crippen molar-refractivity contribution in [1.29, 1.82) is 0 Å². The Balaban J connectivity index is 1.85. The second-order valence-corrected chi connectivity index (χ2v) is 6.87. The largest absolute Gasteiger partial charge is 0.463 e. The summed E-state index contributed by atoms with van der Waals surface area (Å²) in [4.78, 5) is 17.7. The maximum Gasteiger partial charge on any atom is 0.256 e. The number of nitrogens with one attached hydrogen (secondary N) is 1. The Labute approximate surface area is 161 Å². The lowest BCUT2D eigenvalue weighted by Gasteiger charge is -2.11. The lowest BCUT2D eigenvalue weighted by atomic mass is 10.1. The summed E-state index contributed by atoms with van der Waals surface area (Å²) >= 11 is 0. The normalized spacial score (nSPS) is 11.3. The highest BCUT2D eigenvalue weighted by molar-refractivity contribution is 6.12. The highest BCUT2D eigenvalue weighted by Crippen LogP contribution is 2.27. The van der Waals surface area contributed by atoms with Crippen LogP contribution in [0.2, 0.25) is 0 Å². The molecule has 0 saturated carbocycles. The third-order valence-corrected chi connectivity index (χ3v) is 4.52. The molecule has 0 aliphatic rings. The van der Waals surface area contributed by atoms with E-state index in [-0.39, 0.29) is 11.9 Å². The molecule has 6 nitrogen and oxygen atoms in total. The number of carbonyl (C=O) groups excluding carboxylic acids is 1. The Kier molecular flexibility index (Phi) is 4.43. The number of nitrogens with zero attached hydrogens (tertiary/aromatic N) is 3. The Morgan fingerprint density at radius 3 is 2.79 bits per heavy atom. The van der Waals surface area contributed by atoms with Crippen LogP contribution in [0.3, 0.4) is 0 Å². The summed E-state index contributed by atoms with van der Waals surface area (Å²) in [5.41, 5.74) is 2.70. The summed E-state index contributed by atoms with van der Waals surface area (Å²) in [5, 5.41) is 7.80. The Morgan fingerprint density at radius 2 is 2.07 bits per heavy atom. The minimum absolute atomic E-state index is 0.0678. The number of benzene rings is 1. The van der Waals surface area contributed by atoms with Gasteiger partial charge in [-0.2, -0.15) is 5.10 Å². The summed E-state index contributed by atoms with van der Waals surface area (Å²) in [6, 6.07) is 9.56. The van der Waals surface area contributed by atoms with Crippen molar-refractivity contribution in [3.8, 4) is 11.5 Å². The molecule has 0 aliphatic carbocycles. The van der Waals surface area contributed by atoms with E-state index in [4.69, 9.17) is 4.42 Å². The molecule has 1 amide bonds. The first-order valence-corrected chi connectivity index (χ1v) is 8.93. The minimum atomic E-state index is -0.412. The third-order valence-electron chi connectivity index (χ3n) is 4.52. The van der Waals surface area contributed by atoms with Gasteiger partial charge in [0.1, 0.15) is 11.5 Å². The second kappa shape index (κ2) is 6.92. The van der Waals surface area contributed by atoms with Crippen LogP contribution in [0.15, 0.2) is 53.3 Å². The quantitative estimate of drug-likeness (QED) is 0.544. The molecule has 0 fully saturated rings. The number of anilines is 1. The highest BCUT2D eigenvalue weighted by Gasteiger charge is 2.20. The lowest BCUT2D eigenvalue weighted by molar-refractivity contribution is 0.102. The molecule has 1 N–H and O–H groups in total. The number of hydrogen-bond acceptors (Lipinski definition) is 4. The number of amides is 1. The zero-order valence-electron chi connectivity index (χ0n) is 15.7. The third kappa shape index (κ3) is 3.15. The van der Waals surface area contributed by atoms with Gasteiger partial charge in [0.05, 0.1) is 23.4 Å². The first-order chi connectivity index (χ1) is 13.4. The van der Waals surface area contributed by atoms with Crippen molar-refractivity contribution in [2.45, 2.75) is 26.8 Å². The van der Waals surface area contributed by atoms with Gasteiger partial charge in [0.15, 0.2) is 11.4 Å². The van der Waals surface area contributed by atoms with E-state index in [0.29, 0.717) is 33.7 Å². The van der Waals surface area contributed by atoms with E-state index in [9.17, 15) is 9.18 Å². The van der Waals surface area contributed by atoms with E-state index in [2.05, 4.69) is 15.4 Å². The summed E-state index contributed by atoms with van der Waals surface area (Å²) in [6.07, 6.45) is 3.18. The Bertz CT molecular complexity index is 1160. The molecule has 7 heteroatoms. The molecule has 0 spiro atoms. The van der Waals surface area contributed by atoms with Crippen LogP contribution in [-0.4, -0.2) is 20.7 Å². The van der Waals surface area contributed by atoms with Gasteiger partial charge in [0.2, 0.25) is 0 Å². The van der Waals surface area contributed by atoms with Crippen LogP contribution < -0.4 is 5.32 Å². The smallest absolute Gasteiger partial charge is 0.256 e. The van der Waals surface area contributed by atoms with Crippen molar-refractivity contribution >= 4 is 22.6 Å². The minimum Gasteiger partial charge on any atom is -0.463 e. The summed E-state index contributed by atoms with van der Waals surface area (Å²) in [6.45, 7) is 5.79. The molecule has 0 atom stereocenters. The Morgan fingerprint density at radius 1 is 1.25 bits per heavy atom. The van der Waals surface area contributed by atoms with Crippen LogP contribution in [0, 0.1) is 12.7 Å². The summed E-state index contributed by atoms with van der Waals surface area (Å²) in [5.74, 6) is -0.226. The molecule has 0 saturated heterocycles. The first-order valence-electron chi connectivity index (χ1n) is 8.93. The van der Waals surface area contributed by atoms with E-state index in [1.165, 1.54) is 12.1 Å². The second-order valence-electron chi connectivity index (χ2n) is 6.87. The fourth-order valence-corrected chi connectivity index (χ4v) is 3.05. The van der Waals surface area contributed by atoms with Gasteiger partial charge in [-0.15, -0.1) is 0 Å². The van der Waals surface area contributed by atoms with Gasteiger partial charge >= 0.3 is 0 Å². The van der Waals surface area contributed by atoms with E-state index >= 15 is 0 Å². The van der Waals surface area contributed by atoms with Gasteiger partial charge in [-0.05, 0) is 56.7 Å². The molecular formula is C21H19FN4O2. The zero-order chi connectivity index (χ0) is 19.8. The van der Waals surface area contributed by atoms with Gasteiger partial charge < -0.3 is 9.73 Å². The summed E-state index contributed by atoms with van der Waals surface area (Å²) < 4.78 is 20.8. The van der Waals surface area contributed by atoms with Gasteiger partial charge in [-0.25, -0.2) is 14.1 Å². The molecule has 142 valence electrons. The average Bonchev–Trinajstić information content (AvgIpc) is 3.33. The number of aromatic nitrogens is 3. The fraction of sp³-hybridized carbons (Fsp3) is 0.190. The van der Waals surface area contributed by atoms with Crippen molar-refractivity contribution in [1.82, 2.24) is 14.8 Å². The molecular weight excluding hydrogens is 359 g/mol. The van der Waals surface area contributed by atoms with Gasteiger partial charge in [0, 0.05) is 11.7 Å². The number of furan rings is 1. The SMILES string of the molecule is Cc1ccc(F)cc1NC(=O)c1cc(-c2ccco2)nc2c1cnn2C(C)C. The van der Waals surface area contributed by atoms with Gasteiger partial charge in [-0.3, -0.25) is 4.79 Å². The Hall–Kier alpha value is -3.48. The fourth-order valence-electron chi connectivity index (χ4n) is 3.05. The molecule has 1 aromatic carbocycles. The van der Waals surface area contributed by atoms with Crippen LogP contribution in [0.1, 0.15) is 35.8 Å². The molecule has 0 bridgehead atoms. The van der Waals surface area contributed by atoms with Crippen LogP contribution in [0.5, 0.6) is 0 Å².